The molecule has 1 saturated heterocycles. The molecule has 0 unspecified atom stereocenters. The molecule has 5 nitrogen and oxygen atoms in total. The van der Waals surface area contributed by atoms with E-state index in [1.54, 1.807) is 12.3 Å². The van der Waals surface area contributed by atoms with Crippen molar-refractivity contribution in [3.63, 3.8) is 0 Å². The number of hydrogen-bond donors (Lipinski definition) is 2. The van der Waals surface area contributed by atoms with Crippen LogP contribution < -0.4 is 10.2 Å². The van der Waals surface area contributed by atoms with E-state index < -0.39 is 0 Å². The molecule has 3 N–H and O–H groups in total. The number of nitrogens with zero attached hydrogens (tertiary/aromatic N) is 1. The molecule has 0 bridgehead atoms. The Kier molecular flexibility index (Phi) is 6.57. The average Bonchev–Trinajstić information content (AvgIpc) is 3.31. The fourth-order valence-electron chi connectivity index (χ4n) is 4.05. The van der Waals surface area contributed by atoms with Crippen molar-refractivity contribution >= 4 is 5.91 Å². The average molecular weight is 410 g/mol. The third-order valence-corrected chi connectivity index (χ3v) is 5.76. The monoisotopic (exact) mass is 409 g/mol. The summed E-state index contributed by atoms with van der Waals surface area (Å²) in [5.74, 6) is 0.823. The van der Waals surface area contributed by atoms with E-state index in [0.717, 1.165) is 30.0 Å². The Balaban J connectivity index is 1.30. The topological polar surface area (TPSA) is 54.5 Å². The third kappa shape index (κ3) is 4.96. The van der Waals surface area contributed by atoms with Crippen LogP contribution in [-0.2, 0) is 11.3 Å². The van der Waals surface area contributed by atoms with Crippen molar-refractivity contribution in [3.05, 3.63) is 95.7 Å². The SMILES string of the molecule is O=C(C[NH2+][C@@H](c1ccccc1)c1ccco1)N1CC[NH+](Cc2ccccc2F)CC1. The van der Waals surface area contributed by atoms with Crippen molar-refractivity contribution in [2.24, 2.45) is 0 Å². The second kappa shape index (κ2) is 9.69. The highest BCUT2D eigenvalue weighted by molar-refractivity contribution is 5.77. The van der Waals surface area contributed by atoms with E-state index in [1.165, 1.54) is 11.0 Å². The van der Waals surface area contributed by atoms with E-state index >= 15 is 0 Å². The van der Waals surface area contributed by atoms with Crippen LogP contribution in [0.4, 0.5) is 4.39 Å². The van der Waals surface area contributed by atoms with Crippen molar-refractivity contribution in [1.29, 1.82) is 0 Å². The van der Waals surface area contributed by atoms with Gasteiger partial charge in [0, 0.05) is 11.1 Å². The quantitative estimate of drug-likeness (QED) is 0.612. The Labute approximate surface area is 176 Å². The van der Waals surface area contributed by atoms with Crippen LogP contribution in [0.3, 0.4) is 0 Å². The van der Waals surface area contributed by atoms with E-state index in [1.807, 2.05) is 52.7 Å². The van der Waals surface area contributed by atoms with Crippen LogP contribution in [0.1, 0.15) is 22.9 Å². The fraction of sp³-hybridized carbons (Fsp3) is 0.292. The molecule has 0 saturated carbocycles. The first-order valence-corrected chi connectivity index (χ1v) is 10.5. The Bertz CT molecular complexity index is 938. The summed E-state index contributed by atoms with van der Waals surface area (Å²) in [7, 11) is 0. The van der Waals surface area contributed by atoms with Crippen molar-refractivity contribution in [2.75, 3.05) is 32.7 Å². The molecule has 30 heavy (non-hydrogen) atoms. The highest BCUT2D eigenvalue weighted by Crippen LogP contribution is 2.18. The number of nitrogens with two attached hydrogens (primary N) is 1. The fourth-order valence-corrected chi connectivity index (χ4v) is 4.05. The molecule has 1 atom stereocenters. The van der Waals surface area contributed by atoms with Crippen LogP contribution in [0, 0.1) is 5.82 Å². The lowest BCUT2D eigenvalue weighted by atomic mass is 10.0. The molecule has 1 fully saturated rings. The zero-order valence-corrected chi connectivity index (χ0v) is 17.0. The molecule has 0 spiro atoms. The van der Waals surface area contributed by atoms with E-state index in [0.29, 0.717) is 26.2 Å². The van der Waals surface area contributed by atoms with Crippen molar-refractivity contribution in [3.8, 4) is 0 Å². The number of benzene rings is 2. The second-order valence-electron chi connectivity index (χ2n) is 7.74. The van der Waals surface area contributed by atoms with E-state index in [-0.39, 0.29) is 17.8 Å². The van der Waals surface area contributed by atoms with Crippen LogP contribution >= 0.6 is 0 Å². The maximum atomic E-state index is 13.9. The van der Waals surface area contributed by atoms with E-state index in [2.05, 4.69) is 12.1 Å². The Morgan fingerprint density at radius 2 is 1.77 bits per heavy atom. The Morgan fingerprint density at radius 3 is 2.47 bits per heavy atom. The Hall–Kier alpha value is -2.96. The lowest BCUT2D eigenvalue weighted by molar-refractivity contribution is -0.917. The number of piperazine rings is 1. The Morgan fingerprint density at radius 1 is 1.03 bits per heavy atom. The molecule has 6 heteroatoms. The minimum atomic E-state index is -0.150. The van der Waals surface area contributed by atoms with Crippen LogP contribution in [0.25, 0.3) is 0 Å². The van der Waals surface area contributed by atoms with E-state index in [9.17, 15) is 9.18 Å². The van der Waals surface area contributed by atoms with Gasteiger partial charge in [-0.3, -0.25) is 4.79 Å². The lowest BCUT2D eigenvalue weighted by Gasteiger charge is -2.32. The second-order valence-corrected chi connectivity index (χ2v) is 7.74. The van der Waals surface area contributed by atoms with E-state index in [4.69, 9.17) is 4.42 Å². The van der Waals surface area contributed by atoms with Crippen LogP contribution in [0.2, 0.25) is 0 Å². The van der Waals surface area contributed by atoms with Crippen LogP contribution in [0.5, 0.6) is 0 Å². The van der Waals surface area contributed by atoms with Gasteiger partial charge in [0.05, 0.1) is 32.4 Å². The van der Waals surface area contributed by atoms with Gasteiger partial charge in [0.2, 0.25) is 0 Å². The zero-order valence-electron chi connectivity index (χ0n) is 17.0. The van der Waals surface area contributed by atoms with Gasteiger partial charge >= 0.3 is 0 Å². The van der Waals surface area contributed by atoms with Crippen molar-refractivity contribution < 1.29 is 23.8 Å². The molecular weight excluding hydrogens is 381 g/mol. The number of quaternary nitrogens is 2. The molecule has 1 aliphatic rings. The number of rotatable bonds is 7. The van der Waals surface area contributed by atoms with Gasteiger partial charge in [-0.25, -0.2) is 4.39 Å². The number of nitrogens with one attached hydrogen (secondary N) is 1. The highest BCUT2D eigenvalue weighted by atomic mass is 19.1. The molecule has 1 amide bonds. The lowest BCUT2D eigenvalue weighted by Crippen LogP contribution is -3.13. The number of furan rings is 1. The first-order chi connectivity index (χ1) is 14.7. The molecule has 0 radical (unpaired) electrons. The summed E-state index contributed by atoms with van der Waals surface area (Å²) in [6.45, 7) is 4.10. The maximum absolute atomic E-state index is 13.9. The van der Waals surface area contributed by atoms with Gasteiger partial charge in [0.1, 0.15) is 12.4 Å². The molecule has 2 aromatic carbocycles. The highest BCUT2D eigenvalue weighted by Gasteiger charge is 2.27. The normalized spacial score (nSPS) is 15.8. The number of carbonyl (C=O) groups excluding carboxylic acids is 1. The smallest absolute Gasteiger partial charge is 0.278 e. The molecular formula is C24H28FN3O2+2. The molecule has 1 aromatic heterocycles. The van der Waals surface area contributed by atoms with Gasteiger partial charge in [0.25, 0.3) is 5.91 Å². The summed E-state index contributed by atoms with van der Waals surface area (Å²) < 4.78 is 19.5. The third-order valence-electron chi connectivity index (χ3n) is 5.76. The largest absolute Gasteiger partial charge is 0.463 e. The summed E-state index contributed by atoms with van der Waals surface area (Å²) in [5, 5.41) is 2.04. The van der Waals surface area contributed by atoms with Gasteiger partial charge in [-0.1, -0.05) is 48.5 Å². The summed E-state index contributed by atoms with van der Waals surface area (Å²) in [6.07, 6.45) is 1.67. The summed E-state index contributed by atoms with van der Waals surface area (Å²) in [4.78, 5) is 16.1. The predicted octanol–water partition coefficient (Wildman–Crippen LogP) is 0.999. The molecule has 4 rings (SSSR count). The molecule has 2 heterocycles. The minimum absolute atomic E-state index is 0.0434. The number of halogens is 1. The molecule has 3 aromatic rings. The summed E-state index contributed by atoms with van der Waals surface area (Å²) in [6, 6.07) is 20.8. The number of hydrogen-bond acceptors (Lipinski definition) is 2. The van der Waals surface area contributed by atoms with Crippen molar-refractivity contribution in [2.45, 2.75) is 12.6 Å². The zero-order chi connectivity index (χ0) is 20.8. The first-order valence-electron chi connectivity index (χ1n) is 10.5. The maximum Gasteiger partial charge on any atom is 0.278 e. The number of amides is 1. The molecule has 156 valence electrons. The molecule has 1 aliphatic heterocycles. The van der Waals surface area contributed by atoms with Crippen LogP contribution in [0.15, 0.2) is 77.4 Å². The molecule has 0 aliphatic carbocycles. The predicted molar refractivity (Wildman–Crippen MR) is 111 cm³/mol. The summed E-state index contributed by atoms with van der Waals surface area (Å²) >= 11 is 0. The van der Waals surface area contributed by atoms with Gasteiger partial charge in [0.15, 0.2) is 18.3 Å². The van der Waals surface area contributed by atoms with Gasteiger partial charge < -0.3 is 19.5 Å². The van der Waals surface area contributed by atoms with Crippen molar-refractivity contribution in [1.82, 2.24) is 4.90 Å². The standard InChI is InChI=1S/C24H26FN3O2/c25-21-10-5-4-9-20(21)18-27-12-14-28(15-13-27)23(29)17-26-24(22-11-6-16-30-22)19-7-2-1-3-8-19/h1-11,16,24,26H,12-15,17-18H2/p+2/t24-/m0/s1. The van der Waals surface area contributed by atoms with Crippen LogP contribution in [-0.4, -0.2) is 43.5 Å². The van der Waals surface area contributed by atoms with Gasteiger partial charge in [-0.15, -0.1) is 0 Å². The van der Waals surface area contributed by atoms with Gasteiger partial charge in [-0.05, 0) is 18.2 Å². The minimum Gasteiger partial charge on any atom is -0.463 e. The van der Waals surface area contributed by atoms with Gasteiger partial charge in [-0.2, -0.15) is 0 Å². The first kappa shape index (κ1) is 20.3. The number of carbonyl (C=O) groups is 1. The summed E-state index contributed by atoms with van der Waals surface area (Å²) in [5.41, 5.74) is 1.85.